The predicted octanol–water partition coefficient (Wildman–Crippen LogP) is 0.879. The van der Waals surface area contributed by atoms with Gasteiger partial charge < -0.3 is 20.6 Å². The summed E-state index contributed by atoms with van der Waals surface area (Å²) in [5.41, 5.74) is 0. The maximum atomic E-state index is 11.8. The zero-order valence-electron chi connectivity index (χ0n) is 12.0. The van der Waals surface area contributed by atoms with Crippen LogP contribution in [0.2, 0.25) is 0 Å². The topological polar surface area (TPSA) is 81.7 Å². The summed E-state index contributed by atoms with van der Waals surface area (Å²) in [6.45, 7) is 8.35. The normalized spacial score (nSPS) is 23.4. The standard InChI is InChI=1S/C13H25N3O3/c1-4-16-7-5-6-11(8-16)15-13(19)14-10(3)9(2)12(17)18/h9-11H,4-8H2,1-3H3,(H,17,18)(H2,14,15,19). The molecule has 1 heterocycles. The minimum Gasteiger partial charge on any atom is -0.481 e. The Morgan fingerprint density at radius 1 is 1.42 bits per heavy atom. The van der Waals surface area contributed by atoms with E-state index in [1.165, 1.54) is 0 Å². The lowest BCUT2D eigenvalue weighted by Gasteiger charge is -2.32. The second kappa shape index (κ2) is 7.33. The Kier molecular flexibility index (Phi) is 6.08. The monoisotopic (exact) mass is 271 g/mol. The van der Waals surface area contributed by atoms with E-state index in [1.807, 2.05) is 0 Å². The Hall–Kier alpha value is -1.30. The van der Waals surface area contributed by atoms with Crippen LogP contribution in [0.5, 0.6) is 0 Å². The average Bonchev–Trinajstić information content (AvgIpc) is 2.37. The number of likely N-dealkylation sites (tertiary alicyclic amines) is 1. The summed E-state index contributed by atoms with van der Waals surface area (Å²) >= 11 is 0. The molecule has 0 aromatic heterocycles. The fourth-order valence-electron chi connectivity index (χ4n) is 2.23. The van der Waals surface area contributed by atoms with Crippen LogP contribution in [-0.4, -0.2) is 53.7 Å². The number of likely N-dealkylation sites (N-methyl/N-ethyl adjacent to an activating group) is 1. The van der Waals surface area contributed by atoms with E-state index in [0.717, 1.165) is 32.5 Å². The number of carbonyl (C=O) groups excluding carboxylic acids is 1. The van der Waals surface area contributed by atoms with Gasteiger partial charge >= 0.3 is 12.0 Å². The third-order valence-electron chi connectivity index (χ3n) is 3.79. The smallest absolute Gasteiger partial charge is 0.315 e. The zero-order chi connectivity index (χ0) is 14.4. The molecule has 3 N–H and O–H groups in total. The van der Waals surface area contributed by atoms with E-state index in [-0.39, 0.29) is 18.1 Å². The summed E-state index contributed by atoms with van der Waals surface area (Å²) in [5.74, 6) is -1.49. The molecule has 0 spiro atoms. The molecule has 6 nitrogen and oxygen atoms in total. The molecule has 19 heavy (non-hydrogen) atoms. The minimum atomic E-state index is -0.900. The molecule has 1 aliphatic rings. The lowest BCUT2D eigenvalue weighted by molar-refractivity contribution is -0.141. The number of carboxylic acids is 1. The molecule has 6 heteroatoms. The van der Waals surface area contributed by atoms with Crippen LogP contribution in [0.25, 0.3) is 0 Å². The summed E-state index contributed by atoms with van der Waals surface area (Å²) in [6.07, 6.45) is 2.06. The van der Waals surface area contributed by atoms with Crippen molar-refractivity contribution in [2.75, 3.05) is 19.6 Å². The molecule has 0 radical (unpaired) electrons. The number of hydrogen-bond donors (Lipinski definition) is 3. The fraction of sp³-hybridized carbons (Fsp3) is 0.846. The molecule has 3 unspecified atom stereocenters. The number of hydrogen-bond acceptors (Lipinski definition) is 3. The number of amides is 2. The molecule has 0 saturated carbocycles. The molecule has 1 fully saturated rings. The number of piperidine rings is 1. The first-order chi connectivity index (χ1) is 8.93. The van der Waals surface area contributed by atoms with Gasteiger partial charge in [-0.15, -0.1) is 0 Å². The van der Waals surface area contributed by atoms with Gasteiger partial charge in [0.15, 0.2) is 0 Å². The van der Waals surface area contributed by atoms with Gasteiger partial charge in [0.2, 0.25) is 0 Å². The fourth-order valence-corrected chi connectivity index (χ4v) is 2.23. The van der Waals surface area contributed by atoms with Crippen molar-refractivity contribution in [1.82, 2.24) is 15.5 Å². The number of urea groups is 1. The highest BCUT2D eigenvalue weighted by Crippen LogP contribution is 2.09. The van der Waals surface area contributed by atoms with Crippen LogP contribution >= 0.6 is 0 Å². The van der Waals surface area contributed by atoms with Gasteiger partial charge in [-0.1, -0.05) is 6.92 Å². The summed E-state index contributed by atoms with van der Waals surface area (Å²) in [4.78, 5) is 24.9. The van der Waals surface area contributed by atoms with Gasteiger partial charge in [-0.25, -0.2) is 4.79 Å². The van der Waals surface area contributed by atoms with Crippen LogP contribution in [-0.2, 0) is 4.79 Å². The molecule has 1 saturated heterocycles. The predicted molar refractivity (Wildman–Crippen MR) is 73.1 cm³/mol. The maximum absolute atomic E-state index is 11.8. The molecule has 0 aromatic rings. The SMILES string of the molecule is CCN1CCCC(NC(=O)NC(C)C(C)C(=O)O)C1. The van der Waals surface area contributed by atoms with Crippen molar-refractivity contribution in [3.05, 3.63) is 0 Å². The maximum Gasteiger partial charge on any atom is 0.315 e. The molecule has 3 atom stereocenters. The lowest BCUT2D eigenvalue weighted by Crippen LogP contribution is -2.53. The highest BCUT2D eigenvalue weighted by Gasteiger charge is 2.24. The summed E-state index contributed by atoms with van der Waals surface area (Å²) in [6, 6.07) is -0.507. The molecule has 1 aliphatic heterocycles. The summed E-state index contributed by atoms with van der Waals surface area (Å²) < 4.78 is 0. The molecule has 0 bridgehead atoms. The van der Waals surface area contributed by atoms with E-state index in [4.69, 9.17) is 5.11 Å². The number of nitrogens with one attached hydrogen (secondary N) is 2. The average molecular weight is 271 g/mol. The van der Waals surface area contributed by atoms with Crippen molar-refractivity contribution in [3.63, 3.8) is 0 Å². The van der Waals surface area contributed by atoms with Crippen molar-refractivity contribution in [3.8, 4) is 0 Å². The second-order valence-electron chi connectivity index (χ2n) is 5.27. The van der Waals surface area contributed by atoms with Gasteiger partial charge in [0.25, 0.3) is 0 Å². The molecule has 110 valence electrons. The van der Waals surface area contributed by atoms with Crippen molar-refractivity contribution < 1.29 is 14.7 Å². The Labute approximate surface area is 114 Å². The molecule has 1 rings (SSSR count). The summed E-state index contributed by atoms with van der Waals surface area (Å²) in [5, 5.41) is 14.5. The summed E-state index contributed by atoms with van der Waals surface area (Å²) in [7, 11) is 0. The lowest BCUT2D eigenvalue weighted by atomic mass is 10.0. The Morgan fingerprint density at radius 2 is 2.11 bits per heavy atom. The zero-order valence-corrected chi connectivity index (χ0v) is 12.0. The first-order valence-electron chi connectivity index (χ1n) is 6.96. The largest absolute Gasteiger partial charge is 0.481 e. The third kappa shape index (κ3) is 5.06. The Balaban J connectivity index is 2.36. The molecular formula is C13H25N3O3. The molecule has 0 aliphatic carbocycles. The molecule has 0 aromatic carbocycles. The van der Waals surface area contributed by atoms with Crippen LogP contribution in [0, 0.1) is 5.92 Å². The van der Waals surface area contributed by atoms with Crippen LogP contribution in [0.15, 0.2) is 0 Å². The van der Waals surface area contributed by atoms with Crippen LogP contribution in [0.3, 0.4) is 0 Å². The highest BCUT2D eigenvalue weighted by atomic mass is 16.4. The quantitative estimate of drug-likeness (QED) is 0.693. The van der Waals surface area contributed by atoms with Crippen molar-refractivity contribution in [2.45, 2.75) is 45.7 Å². The minimum absolute atomic E-state index is 0.154. The van der Waals surface area contributed by atoms with Gasteiger partial charge in [-0.2, -0.15) is 0 Å². The van der Waals surface area contributed by atoms with Crippen molar-refractivity contribution in [2.24, 2.45) is 5.92 Å². The number of rotatable bonds is 5. The Morgan fingerprint density at radius 3 is 2.68 bits per heavy atom. The van der Waals surface area contributed by atoms with Crippen LogP contribution < -0.4 is 10.6 Å². The number of nitrogens with zero attached hydrogens (tertiary/aromatic N) is 1. The Bertz CT molecular complexity index is 322. The van der Waals surface area contributed by atoms with Crippen molar-refractivity contribution >= 4 is 12.0 Å². The highest BCUT2D eigenvalue weighted by molar-refractivity contribution is 5.76. The number of carboxylic acid groups (broad SMARTS) is 1. The van der Waals surface area contributed by atoms with Crippen molar-refractivity contribution in [1.29, 1.82) is 0 Å². The first-order valence-corrected chi connectivity index (χ1v) is 6.96. The molecular weight excluding hydrogens is 246 g/mol. The van der Waals surface area contributed by atoms with Gasteiger partial charge in [0, 0.05) is 18.6 Å². The van der Waals surface area contributed by atoms with Gasteiger partial charge in [0.05, 0.1) is 5.92 Å². The third-order valence-corrected chi connectivity index (χ3v) is 3.79. The van der Waals surface area contributed by atoms with E-state index in [9.17, 15) is 9.59 Å². The van der Waals surface area contributed by atoms with Gasteiger partial charge in [-0.3, -0.25) is 4.79 Å². The van der Waals surface area contributed by atoms with E-state index < -0.39 is 11.9 Å². The number of aliphatic carboxylic acids is 1. The first kappa shape index (κ1) is 15.8. The number of carbonyl (C=O) groups is 2. The van der Waals surface area contributed by atoms with Crippen LogP contribution in [0.4, 0.5) is 4.79 Å². The molecule has 2 amide bonds. The van der Waals surface area contributed by atoms with Gasteiger partial charge in [0.1, 0.15) is 0 Å². The van der Waals surface area contributed by atoms with E-state index in [2.05, 4.69) is 22.5 Å². The van der Waals surface area contributed by atoms with Crippen LogP contribution in [0.1, 0.15) is 33.6 Å². The van der Waals surface area contributed by atoms with E-state index >= 15 is 0 Å². The van der Waals surface area contributed by atoms with E-state index in [0.29, 0.717) is 0 Å². The second-order valence-corrected chi connectivity index (χ2v) is 5.27. The van der Waals surface area contributed by atoms with E-state index in [1.54, 1.807) is 13.8 Å². The van der Waals surface area contributed by atoms with Gasteiger partial charge in [-0.05, 0) is 39.8 Å².